The van der Waals surface area contributed by atoms with Crippen LogP contribution in [0.25, 0.3) is 0 Å². The minimum atomic E-state index is 0.200. The van der Waals surface area contributed by atoms with Gasteiger partial charge in [0.2, 0.25) is 5.91 Å². The van der Waals surface area contributed by atoms with Crippen LogP contribution in [0.3, 0.4) is 0 Å². The largest absolute Gasteiger partial charge is 0.468 e. The zero-order valence-electron chi connectivity index (χ0n) is 19.1. The quantitative estimate of drug-likeness (QED) is 0.487. The van der Waals surface area contributed by atoms with Crippen molar-refractivity contribution in [3.8, 4) is 0 Å². The van der Waals surface area contributed by atoms with Crippen molar-refractivity contribution >= 4 is 17.6 Å². The van der Waals surface area contributed by atoms with Gasteiger partial charge in [-0.1, -0.05) is 18.6 Å². The Morgan fingerprint density at radius 3 is 2.53 bits per heavy atom. The highest BCUT2D eigenvalue weighted by molar-refractivity contribution is 5.95. The lowest BCUT2D eigenvalue weighted by molar-refractivity contribution is -0.117. The number of carbonyl (C=O) groups excluding carboxylic acids is 1. The van der Waals surface area contributed by atoms with Crippen LogP contribution < -0.4 is 15.5 Å². The Morgan fingerprint density at radius 1 is 1.06 bits per heavy atom. The SMILES string of the molecule is CCNC(=NCc1ccc(N2CCCC2=O)cc1)NCC(c1ccco1)N1CCCCC1. The summed E-state index contributed by atoms with van der Waals surface area (Å²) in [7, 11) is 0. The second-order valence-electron chi connectivity index (χ2n) is 8.52. The van der Waals surface area contributed by atoms with Crippen molar-refractivity contribution in [2.75, 3.05) is 37.6 Å². The van der Waals surface area contributed by atoms with Crippen LogP contribution in [0.15, 0.2) is 52.1 Å². The van der Waals surface area contributed by atoms with E-state index in [9.17, 15) is 4.79 Å². The zero-order valence-corrected chi connectivity index (χ0v) is 19.1. The molecule has 4 rings (SSSR count). The number of guanidine groups is 1. The van der Waals surface area contributed by atoms with E-state index in [1.165, 1.54) is 19.3 Å². The summed E-state index contributed by atoms with van der Waals surface area (Å²) >= 11 is 0. The summed E-state index contributed by atoms with van der Waals surface area (Å²) in [6, 6.07) is 12.4. The lowest BCUT2D eigenvalue weighted by Crippen LogP contribution is -2.44. The number of hydrogen-bond acceptors (Lipinski definition) is 4. The third-order valence-electron chi connectivity index (χ3n) is 6.25. The molecule has 1 aromatic carbocycles. The van der Waals surface area contributed by atoms with Crippen molar-refractivity contribution in [3.63, 3.8) is 0 Å². The Labute approximate surface area is 190 Å². The molecule has 2 aromatic rings. The van der Waals surface area contributed by atoms with E-state index in [2.05, 4.69) is 40.7 Å². The Hall–Kier alpha value is -2.80. The van der Waals surface area contributed by atoms with Gasteiger partial charge in [0.15, 0.2) is 5.96 Å². The average Bonchev–Trinajstić information content (AvgIpc) is 3.51. The van der Waals surface area contributed by atoms with E-state index in [0.29, 0.717) is 13.0 Å². The number of benzene rings is 1. The molecule has 1 atom stereocenters. The fraction of sp³-hybridized carbons (Fsp3) is 0.520. The predicted molar refractivity (Wildman–Crippen MR) is 128 cm³/mol. The van der Waals surface area contributed by atoms with Gasteiger partial charge in [-0.3, -0.25) is 9.69 Å². The second-order valence-corrected chi connectivity index (χ2v) is 8.52. The summed E-state index contributed by atoms with van der Waals surface area (Å²) in [6.07, 6.45) is 7.14. The van der Waals surface area contributed by atoms with Gasteiger partial charge in [-0.25, -0.2) is 4.99 Å². The minimum absolute atomic E-state index is 0.200. The van der Waals surface area contributed by atoms with Crippen molar-refractivity contribution in [2.24, 2.45) is 4.99 Å². The number of likely N-dealkylation sites (tertiary alicyclic amines) is 1. The van der Waals surface area contributed by atoms with Crippen molar-refractivity contribution < 1.29 is 9.21 Å². The molecule has 7 nitrogen and oxygen atoms in total. The van der Waals surface area contributed by atoms with Gasteiger partial charge in [0.1, 0.15) is 5.76 Å². The van der Waals surface area contributed by atoms with Gasteiger partial charge in [-0.2, -0.15) is 0 Å². The molecule has 0 spiro atoms. The second kappa shape index (κ2) is 11.2. The molecule has 7 heteroatoms. The van der Waals surface area contributed by atoms with Crippen molar-refractivity contribution in [1.82, 2.24) is 15.5 Å². The molecule has 2 aliphatic rings. The van der Waals surface area contributed by atoms with Crippen molar-refractivity contribution in [3.05, 3.63) is 54.0 Å². The van der Waals surface area contributed by atoms with Gasteiger partial charge in [0.05, 0.1) is 18.8 Å². The topological polar surface area (TPSA) is 73.1 Å². The Bertz CT molecular complexity index is 872. The van der Waals surface area contributed by atoms with E-state index >= 15 is 0 Å². The van der Waals surface area contributed by atoms with Crippen LogP contribution in [0, 0.1) is 0 Å². The highest BCUT2D eigenvalue weighted by atomic mass is 16.3. The van der Waals surface area contributed by atoms with E-state index in [1.807, 2.05) is 23.1 Å². The van der Waals surface area contributed by atoms with Gasteiger partial charge < -0.3 is 20.0 Å². The van der Waals surface area contributed by atoms with E-state index < -0.39 is 0 Å². The van der Waals surface area contributed by atoms with Crippen LogP contribution in [0.4, 0.5) is 5.69 Å². The average molecular weight is 438 g/mol. The summed E-state index contributed by atoms with van der Waals surface area (Å²) in [5.74, 6) is 2.02. The number of piperidine rings is 1. The number of rotatable bonds is 8. The molecule has 0 aliphatic carbocycles. The lowest BCUT2D eigenvalue weighted by Gasteiger charge is -2.33. The number of nitrogens with zero attached hydrogens (tertiary/aromatic N) is 3. The standard InChI is InChI=1S/C25H35N5O2/c1-2-26-25(27-18-20-10-12-21(13-11-20)30-16-6-9-24(30)31)28-19-22(23-8-7-17-32-23)29-14-4-3-5-15-29/h7-8,10-13,17,22H,2-6,9,14-16,18-19H2,1H3,(H2,26,27,28). The van der Waals surface area contributed by atoms with Gasteiger partial charge in [0, 0.05) is 31.7 Å². The summed E-state index contributed by atoms with van der Waals surface area (Å²) in [5.41, 5.74) is 2.10. The maximum absolute atomic E-state index is 12.0. The molecule has 2 fully saturated rings. The third-order valence-corrected chi connectivity index (χ3v) is 6.25. The van der Waals surface area contributed by atoms with Crippen LogP contribution in [0.1, 0.15) is 56.4 Å². The number of carbonyl (C=O) groups is 1. The summed E-state index contributed by atoms with van der Waals surface area (Å²) < 4.78 is 5.76. The molecule has 1 unspecified atom stereocenters. The first-order valence-corrected chi connectivity index (χ1v) is 11.9. The van der Waals surface area contributed by atoms with E-state index in [1.54, 1.807) is 6.26 Å². The molecule has 0 bridgehead atoms. The van der Waals surface area contributed by atoms with Gasteiger partial charge in [0.25, 0.3) is 0 Å². The van der Waals surface area contributed by atoms with Crippen molar-refractivity contribution in [1.29, 1.82) is 0 Å². The minimum Gasteiger partial charge on any atom is -0.468 e. The smallest absolute Gasteiger partial charge is 0.227 e. The maximum Gasteiger partial charge on any atom is 0.227 e. The number of hydrogen-bond donors (Lipinski definition) is 2. The number of anilines is 1. The molecule has 2 aliphatic heterocycles. The molecule has 3 heterocycles. The monoisotopic (exact) mass is 437 g/mol. The Morgan fingerprint density at radius 2 is 1.88 bits per heavy atom. The molecule has 2 N–H and O–H groups in total. The van der Waals surface area contributed by atoms with Crippen LogP contribution in [-0.2, 0) is 11.3 Å². The third kappa shape index (κ3) is 5.71. The fourth-order valence-corrected chi connectivity index (χ4v) is 4.53. The molecule has 172 valence electrons. The number of nitrogens with one attached hydrogen (secondary N) is 2. The number of amides is 1. The Kier molecular flexibility index (Phi) is 7.82. The van der Waals surface area contributed by atoms with Crippen LogP contribution in [0.2, 0.25) is 0 Å². The fourth-order valence-electron chi connectivity index (χ4n) is 4.53. The first-order chi connectivity index (χ1) is 15.7. The van der Waals surface area contributed by atoms with E-state index in [4.69, 9.17) is 9.41 Å². The molecule has 1 aromatic heterocycles. The summed E-state index contributed by atoms with van der Waals surface area (Å²) in [6.45, 7) is 7.23. The molecular formula is C25H35N5O2. The highest BCUT2D eigenvalue weighted by Gasteiger charge is 2.24. The predicted octanol–water partition coefficient (Wildman–Crippen LogP) is 3.69. The van der Waals surface area contributed by atoms with Gasteiger partial charge >= 0.3 is 0 Å². The number of furan rings is 1. The Balaban J connectivity index is 1.38. The molecule has 0 radical (unpaired) electrons. The maximum atomic E-state index is 12.0. The molecule has 0 saturated carbocycles. The summed E-state index contributed by atoms with van der Waals surface area (Å²) in [4.78, 5) is 21.1. The molecular weight excluding hydrogens is 402 g/mol. The van der Waals surface area contributed by atoms with Crippen LogP contribution in [-0.4, -0.2) is 49.5 Å². The van der Waals surface area contributed by atoms with Crippen molar-refractivity contribution in [2.45, 2.75) is 51.6 Å². The first-order valence-electron chi connectivity index (χ1n) is 11.9. The van der Waals surface area contributed by atoms with E-state index in [-0.39, 0.29) is 11.9 Å². The molecule has 32 heavy (non-hydrogen) atoms. The highest BCUT2D eigenvalue weighted by Crippen LogP contribution is 2.25. The first kappa shape index (κ1) is 22.4. The lowest BCUT2D eigenvalue weighted by atomic mass is 10.1. The molecule has 2 saturated heterocycles. The van der Waals surface area contributed by atoms with Gasteiger partial charge in [-0.05, 0) is 69.1 Å². The number of aliphatic imine (C=N–C) groups is 1. The van der Waals surface area contributed by atoms with Crippen LogP contribution >= 0.6 is 0 Å². The van der Waals surface area contributed by atoms with Crippen LogP contribution in [0.5, 0.6) is 0 Å². The zero-order chi connectivity index (χ0) is 22.2. The molecule has 1 amide bonds. The normalized spacial score (nSPS) is 18.7. The summed E-state index contributed by atoms with van der Waals surface area (Å²) in [5, 5.41) is 6.88. The van der Waals surface area contributed by atoms with E-state index in [0.717, 1.165) is 62.1 Å². The van der Waals surface area contributed by atoms with Gasteiger partial charge in [-0.15, -0.1) is 0 Å².